The van der Waals surface area contributed by atoms with Crippen LogP contribution in [0.2, 0.25) is 0 Å². The van der Waals surface area contributed by atoms with Crippen LogP contribution in [0.5, 0.6) is 0 Å². The van der Waals surface area contributed by atoms with Crippen molar-refractivity contribution in [3.63, 3.8) is 0 Å². The fraction of sp³-hybridized carbons (Fsp3) is 0.417. The average Bonchev–Trinajstić information content (AvgIpc) is 2.81. The van der Waals surface area contributed by atoms with Crippen LogP contribution >= 0.6 is 0 Å². The van der Waals surface area contributed by atoms with Crippen molar-refractivity contribution in [1.82, 2.24) is 19.7 Å². The molecule has 0 N–H and O–H groups in total. The van der Waals surface area contributed by atoms with E-state index in [2.05, 4.69) is 33.6 Å². The minimum Gasteiger partial charge on any atom is -0.304 e. The standard InChI is InChI=1S/C12H14N4/c1-12(2)7-6-10-14-15-11(16(10)12)9-5-3-4-8-13-9/h3-5,8H,6-7H2,1-2H3/i8D. The summed E-state index contributed by atoms with van der Waals surface area (Å²) in [5.41, 5.74) is 0.764. The monoisotopic (exact) mass is 215 g/mol. The molecule has 0 spiro atoms. The van der Waals surface area contributed by atoms with E-state index in [1.54, 1.807) is 6.07 Å². The third kappa shape index (κ3) is 1.26. The third-order valence-electron chi connectivity index (χ3n) is 3.13. The third-order valence-corrected chi connectivity index (χ3v) is 3.13. The number of aryl methyl sites for hydroxylation is 1. The van der Waals surface area contributed by atoms with E-state index in [9.17, 15) is 0 Å². The van der Waals surface area contributed by atoms with Gasteiger partial charge in [0, 0.05) is 18.1 Å². The summed E-state index contributed by atoms with van der Waals surface area (Å²) in [6.07, 6.45) is 2.29. The smallest absolute Gasteiger partial charge is 0.183 e. The molecular weight excluding hydrogens is 200 g/mol. The lowest BCUT2D eigenvalue weighted by Crippen LogP contribution is -2.22. The van der Waals surface area contributed by atoms with Crippen molar-refractivity contribution in [3.05, 3.63) is 30.2 Å². The van der Waals surface area contributed by atoms with Gasteiger partial charge >= 0.3 is 0 Å². The Kier molecular flexibility index (Phi) is 1.66. The molecule has 0 aromatic carbocycles. The Hall–Kier alpha value is -1.71. The lowest BCUT2D eigenvalue weighted by atomic mass is 10.0. The Morgan fingerprint density at radius 1 is 1.38 bits per heavy atom. The van der Waals surface area contributed by atoms with Crippen LogP contribution in [-0.4, -0.2) is 19.7 Å². The second-order valence-corrected chi connectivity index (χ2v) is 4.74. The Balaban J connectivity index is 2.18. The van der Waals surface area contributed by atoms with Gasteiger partial charge in [0.15, 0.2) is 5.82 Å². The Morgan fingerprint density at radius 2 is 2.25 bits per heavy atom. The number of nitrogens with zero attached hydrogens (tertiary/aromatic N) is 4. The van der Waals surface area contributed by atoms with Gasteiger partial charge in [-0.2, -0.15) is 0 Å². The molecule has 0 amide bonds. The molecule has 0 aliphatic carbocycles. The van der Waals surface area contributed by atoms with Gasteiger partial charge in [-0.1, -0.05) is 6.07 Å². The van der Waals surface area contributed by atoms with E-state index in [0.29, 0.717) is 0 Å². The first kappa shape index (κ1) is 8.44. The van der Waals surface area contributed by atoms with Crippen LogP contribution in [0, 0.1) is 0 Å². The van der Waals surface area contributed by atoms with Crippen LogP contribution in [0.25, 0.3) is 11.5 Å². The highest BCUT2D eigenvalue weighted by molar-refractivity contribution is 5.50. The highest BCUT2D eigenvalue weighted by atomic mass is 15.3. The van der Waals surface area contributed by atoms with E-state index in [0.717, 1.165) is 30.2 Å². The van der Waals surface area contributed by atoms with Gasteiger partial charge in [0.2, 0.25) is 0 Å². The molecule has 0 fully saturated rings. The zero-order valence-electron chi connectivity index (χ0n) is 10.4. The van der Waals surface area contributed by atoms with Gasteiger partial charge in [-0.25, -0.2) is 0 Å². The van der Waals surface area contributed by atoms with Gasteiger partial charge in [-0.3, -0.25) is 4.98 Å². The molecule has 3 rings (SSSR count). The molecule has 0 bridgehead atoms. The van der Waals surface area contributed by atoms with Crippen LogP contribution in [0.3, 0.4) is 0 Å². The maximum Gasteiger partial charge on any atom is 0.183 e. The molecule has 3 heterocycles. The molecule has 16 heavy (non-hydrogen) atoms. The highest BCUT2D eigenvalue weighted by Crippen LogP contribution is 2.34. The van der Waals surface area contributed by atoms with Crippen molar-refractivity contribution in [2.24, 2.45) is 0 Å². The minimum atomic E-state index is 0.0356. The fourth-order valence-electron chi connectivity index (χ4n) is 2.26. The first-order valence-electron chi connectivity index (χ1n) is 5.97. The van der Waals surface area contributed by atoms with Gasteiger partial charge in [0.05, 0.1) is 1.37 Å². The van der Waals surface area contributed by atoms with Crippen molar-refractivity contribution < 1.29 is 1.37 Å². The first-order chi connectivity index (χ1) is 8.08. The van der Waals surface area contributed by atoms with Crippen LogP contribution < -0.4 is 0 Å². The molecule has 0 radical (unpaired) electrons. The SMILES string of the molecule is [2H]c1cccc(-c2nnc3n2C(C)(C)CC3)n1. The highest BCUT2D eigenvalue weighted by Gasteiger charge is 2.33. The molecule has 2 aromatic rings. The number of fused-ring (bicyclic) bond motifs is 1. The minimum absolute atomic E-state index is 0.0356. The van der Waals surface area contributed by atoms with Crippen molar-refractivity contribution >= 4 is 0 Å². The number of pyridine rings is 1. The van der Waals surface area contributed by atoms with Crippen LogP contribution in [0.1, 0.15) is 27.5 Å². The average molecular weight is 215 g/mol. The molecule has 4 heteroatoms. The summed E-state index contributed by atoms with van der Waals surface area (Å²) in [5.74, 6) is 1.79. The van der Waals surface area contributed by atoms with Crippen LogP contribution in [0.15, 0.2) is 24.4 Å². The summed E-state index contributed by atoms with van der Waals surface area (Å²) in [4.78, 5) is 4.20. The molecule has 1 aliphatic rings. The molecule has 4 nitrogen and oxygen atoms in total. The summed E-state index contributed by atoms with van der Waals surface area (Å²) < 4.78 is 9.71. The Labute approximate surface area is 95.8 Å². The van der Waals surface area contributed by atoms with Crippen molar-refractivity contribution in [1.29, 1.82) is 0 Å². The van der Waals surface area contributed by atoms with Gasteiger partial charge in [0.1, 0.15) is 11.5 Å². The predicted octanol–water partition coefficient (Wildman–Crippen LogP) is 2.02. The van der Waals surface area contributed by atoms with Crippen molar-refractivity contribution in [2.75, 3.05) is 0 Å². The summed E-state index contributed by atoms with van der Waals surface area (Å²) >= 11 is 0. The predicted molar refractivity (Wildman–Crippen MR) is 60.9 cm³/mol. The maximum atomic E-state index is 7.57. The number of aromatic nitrogens is 4. The summed E-state index contributed by atoms with van der Waals surface area (Å²) in [6.45, 7) is 4.36. The largest absolute Gasteiger partial charge is 0.304 e. The number of hydrogen-bond donors (Lipinski definition) is 0. The summed E-state index contributed by atoms with van der Waals surface area (Å²) in [7, 11) is 0. The zero-order valence-corrected chi connectivity index (χ0v) is 9.44. The molecule has 0 saturated heterocycles. The van der Waals surface area contributed by atoms with Gasteiger partial charge in [-0.05, 0) is 32.4 Å². The molecule has 82 valence electrons. The van der Waals surface area contributed by atoms with E-state index in [1.807, 2.05) is 12.1 Å². The van der Waals surface area contributed by atoms with E-state index in [4.69, 9.17) is 1.37 Å². The van der Waals surface area contributed by atoms with E-state index >= 15 is 0 Å². The second-order valence-electron chi connectivity index (χ2n) is 4.74. The fourth-order valence-corrected chi connectivity index (χ4v) is 2.26. The first-order valence-corrected chi connectivity index (χ1v) is 5.47. The topological polar surface area (TPSA) is 43.6 Å². The second kappa shape index (κ2) is 3.14. The normalized spacial score (nSPS) is 18.2. The molecular formula is C12H14N4. The maximum absolute atomic E-state index is 7.57. The number of rotatable bonds is 1. The molecule has 0 saturated carbocycles. The Bertz CT molecular complexity index is 574. The zero-order chi connectivity index (χ0) is 12.0. The molecule has 0 unspecified atom stereocenters. The van der Waals surface area contributed by atoms with Crippen molar-refractivity contribution in [2.45, 2.75) is 32.2 Å². The molecule has 0 atom stereocenters. The van der Waals surface area contributed by atoms with E-state index < -0.39 is 0 Å². The van der Waals surface area contributed by atoms with Gasteiger partial charge in [0.25, 0.3) is 0 Å². The van der Waals surface area contributed by atoms with Crippen LogP contribution in [0.4, 0.5) is 0 Å². The summed E-state index contributed by atoms with van der Waals surface area (Å²) in [5, 5.41) is 8.42. The van der Waals surface area contributed by atoms with Crippen LogP contribution in [-0.2, 0) is 12.0 Å². The number of hydrogen-bond acceptors (Lipinski definition) is 3. The Morgan fingerprint density at radius 3 is 3.06 bits per heavy atom. The van der Waals surface area contributed by atoms with Crippen molar-refractivity contribution in [3.8, 4) is 11.5 Å². The molecule has 2 aromatic heterocycles. The van der Waals surface area contributed by atoms with Gasteiger partial charge in [-0.15, -0.1) is 10.2 Å². The quantitative estimate of drug-likeness (QED) is 0.731. The molecule has 1 aliphatic heterocycles. The van der Waals surface area contributed by atoms with E-state index in [1.165, 1.54) is 0 Å². The lowest BCUT2D eigenvalue weighted by molar-refractivity contribution is 0.378. The summed E-state index contributed by atoms with van der Waals surface area (Å²) in [6, 6.07) is 5.37. The lowest BCUT2D eigenvalue weighted by Gasteiger charge is -2.21. The van der Waals surface area contributed by atoms with E-state index in [-0.39, 0.29) is 11.7 Å². The van der Waals surface area contributed by atoms with Gasteiger partial charge < -0.3 is 4.57 Å².